The van der Waals surface area contributed by atoms with Crippen LogP contribution in [0, 0.1) is 0 Å². The van der Waals surface area contributed by atoms with Crippen LogP contribution >= 0.6 is 0 Å². The smallest absolute Gasteiger partial charge is 0.250 e. The summed E-state index contributed by atoms with van der Waals surface area (Å²) in [6.45, 7) is 4.17. The molecular formula is C13H19NO2. The van der Waals surface area contributed by atoms with Gasteiger partial charge in [0.15, 0.2) is 0 Å². The SMILES string of the molecule is CC(C)(O)CCn1c2c(ccc1=O)CCC2. The highest BCUT2D eigenvalue weighted by atomic mass is 16.3. The summed E-state index contributed by atoms with van der Waals surface area (Å²) in [6, 6.07) is 3.60. The monoisotopic (exact) mass is 221 g/mol. The third kappa shape index (κ3) is 2.35. The van der Waals surface area contributed by atoms with E-state index in [4.69, 9.17) is 0 Å². The number of hydrogen-bond acceptors (Lipinski definition) is 2. The van der Waals surface area contributed by atoms with Crippen molar-refractivity contribution in [1.82, 2.24) is 4.57 Å². The van der Waals surface area contributed by atoms with Crippen molar-refractivity contribution in [1.29, 1.82) is 0 Å². The van der Waals surface area contributed by atoms with Crippen molar-refractivity contribution in [2.24, 2.45) is 0 Å². The Labute approximate surface area is 95.7 Å². The van der Waals surface area contributed by atoms with Gasteiger partial charge in [-0.05, 0) is 45.1 Å². The zero-order valence-corrected chi connectivity index (χ0v) is 9.99. The lowest BCUT2D eigenvalue weighted by atomic mass is 10.1. The van der Waals surface area contributed by atoms with Gasteiger partial charge in [0.2, 0.25) is 0 Å². The maximum absolute atomic E-state index is 11.8. The number of hydrogen-bond donors (Lipinski definition) is 1. The molecule has 1 aliphatic rings. The molecule has 2 rings (SSSR count). The lowest BCUT2D eigenvalue weighted by Crippen LogP contribution is -2.28. The molecule has 0 spiro atoms. The van der Waals surface area contributed by atoms with Gasteiger partial charge < -0.3 is 9.67 Å². The van der Waals surface area contributed by atoms with Crippen LogP contribution in [0.25, 0.3) is 0 Å². The van der Waals surface area contributed by atoms with E-state index in [9.17, 15) is 9.90 Å². The van der Waals surface area contributed by atoms with Gasteiger partial charge in [0.25, 0.3) is 5.56 Å². The molecule has 3 heteroatoms. The van der Waals surface area contributed by atoms with E-state index in [1.807, 2.05) is 10.6 Å². The second kappa shape index (κ2) is 4.06. The van der Waals surface area contributed by atoms with Crippen LogP contribution in [0.15, 0.2) is 16.9 Å². The van der Waals surface area contributed by atoms with Gasteiger partial charge in [0.1, 0.15) is 0 Å². The average Bonchev–Trinajstić information content (AvgIpc) is 2.62. The summed E-state index contributed by atoms with van der Waals surface area (Å²) in [6.07, 6.45) is 3.83. The standard InChI is InChI=1S/C13H19NO2/c1-13(2,16)8-9-14-11-5-3-4-10(11)6-7-12(14)15/h6-7,16H,3-5,8-9H2,1-2H3. The summed E-state index contributed by atoms with van der Waals surface area (Å²) in [5.74, 6) is 0. The summed E-state index contributed by atoms with van der Waals surface area (Å²) >= 11 is 0. The average molecular weight is 221 g/mol. The number of fused-ring (bicyclic) bond motifs is 1. The first-order chi connectivity index (χ1) is 7.47. The van der Waals surface area contributed by atoms with Crippen LogP contribution in [0.5, 0.6) is 0 Å². The Balaban J connectivity index is 2.27. The number of aryl methyl sites for hydroxylation is 1. The first kappa shape index (κ1) is 11.4. The lowest BCUT2D eigenvalue weighted by Gasteiger charge is -2.19. The van der Waals surface area contributed by atoms with Crippen LogP contribution in [0.1, 0.15) is 37.9 Å². The van der Waals surface area contributed by atoms with E-state index in [2.05, 4.69) is 0 Å². The molecule has 0 amide bonds. The number of nitrogens with zero attached hydrogens (tertiary/aromatic N) is 1. The van der Waals surface area contributed by atoms with E-state index >= 15 is 0 Å². The minimum absolute atomic E-state index is 0.0601. The lowest BCUT2D eigenvalue weighted by molar-refractivity contribution is 0.0657. The number of aliphatic hydroxyl groups is 1. The summed E-state index contributed by atoms with van der Waals surface area (Å²) in [5, 5.41) is 9.70. The quantitative estimate of drug-likeness (QED) is 0.840. The van der Waals surface area contributed by atoms with Crippen LogP contribution in [-0.4, -0.2) is 15.3 Å². The molecule has 16 heavy (non-hydrogen) atoms. The van der Waals surface area contributed by atoms with Gasteiger partial charge in [0.05, 0.1) is 5.60 Å². The molecule has 0 aromatic carbocycles. The van der Waals surface area contributed by atoms with Gasteiger partial charge in [0, 0.05) is 18.3 Å². The van der Waals surface area contributed by atoms with Crippen molar-refractivity contribution >= 4 is 0 Å². The molecule has 1 aromatic heterocycles. The molecular weight excluding hydrogens is 202 g/mol. The first-order valence-corrected chi connectivity index (χ1v) is 5.91. The minimum atomic E-state index is -0.708. The first-order valence-electron chi connectivity index (χ1n) is 5.91. The molecule has 0 radical (unpaired) electrons. The molecule has 0 aliphatic heterocycles. The molecule has 3 nitrogen and oxygen atoms in total. The zero-order valence-electron chi connectivity index (χ0n) is 9.99. The van der Waals surface area contributed by atoms with E-state index in [0.29, 0.717) is 13.0 Å². The number of rotatable bonds is 3. The van der Waals surface area contributed by atoms with Crippen molar-refractivity contribution in [3.05, 3.63) is 33.7 Å². The third-order valence-electron chi connectivity index (χ3n) is 3.20. The van der Waals surface area contributed by atoms with E-state index in [0.717, 1.165) is 19.3 Å². The van der Waals surface area contributed by atoms with Crippen molar-refractivity contribution in [3.8, 4) is 0 Å². The normalized spacial score (nSPS) is 15.2. The Bertz CT molecular complexity index is 440. The van der Waals surface area contributed by atoms with Gasteiger partial charge in [-0.15, -0.1) is 0 Å². The van der Waals surface area contributed by atoms with Crippen LogP contribution in [0.3, 0.4) is 0 Å². The maximum atomic E-state index is 11.8. The topological polar surface area (TPSA) is 42.2 Å². The molecule has 1 heterocycles. The molecule has 0 saturated carbocycles. The fourth-order valence-electron chi connectivity index (χ4n) is 2.26. The van der Waals surface area contributed by atoms with E-state index in [-0.39, 0.29) is 5.56 Å². The highest BCUT2D eigenvalue weighted by Gasteiger charge is 2.18. The summed E-state index contributed by atoms with van der Waals surface area (Å²) in [4.78, 5) is 11.8. The molecule has 1 N–H and O–H groups in total. The van der Waals surface area contributed by atoms with Gasteiger partial charge in [-0.25, -0.2) is 0 Å². The predicted octanol–water partition coefficient (Wildman–Crippen LogP) is 1.50. The van der Waals surface area contributed by atoms with Crippen LogP contribution in [0.4, 0.5) is 0 Å². The summed E-state index contributed by atoms with van der Waals surface area (Å²) < 4.78 is 1.83. The maximum Gasteiger partial charge on any atom is 0.250 e. The van der Waals surface area contributed by atoms with Crippen molar-refractivity contribution in [3.63, 3.8) is 0 Å². The molecule has 0 bridgehead atoms. The molecule has 0 fully saturated rings. The second-order valence-electron chi connectivity index (χ2n) is 5.21. The Morgan fingerprint density at radius 3 is 2.81 bits per heavy atom. The fourth-order valence-corrected chi connectivity index (χ4v) is 2.26. The van der Waals surface area contributed by atoms with Gasteiger partial charge >= 0.3 is 0 Å². The van der Waals surface area contributed by atoms with Crippen LogP contribution in [0.2, 0.25) is 0 Å². The third-order valence-corrected chi connectivity index (χ3v) is 3.20. The van der Waals surface area contributed by atoms with Crippen LogP contribution < -0.4 is 5.56 Å². The van der Waals surface area contributed by atoms with Gasteiger partial charge in [-0.1, -0.05) is 6.07 Å². The Kier molecular flexibility index (Phi) is 2.89. The van der Waals surface area contributed by atoms with E-state index in [1.54, 1.807) is 19.9 Å². The van der Waals surface area contributed by atoms with Crippen molar-refractivity contribution < 1.29 is 5.11 Å². The van der Waals surface area contributed by atoms with Crippen LogP contribution in [-0.2, 0) is 19.4 Å². The van der Waals surface area contributed by atoms with Gasteiger partial charge in [-0.3, -0.25) is 4.79 Å². The molecule has 88 valence electrons. The highest BCUT2D eigenvalue weighted by Crippen LogP contribution is 2.20. The molecule has 0 atom stereocenters. The molecule has 0 unspecified atom stereocenters. The van der Waals surface area contributed by atoms with E-state index in [1.165, 1.54) is 11.3 Å². The Hall–Kier alpha value is -1.09. The Morgan fingerprint density at radius 2 is 2.12 bits per heavy atom. The molecule has 1 aliphatic carbocycles. The zero-order chi connectivity index (χ0) is 11.8. The van der Waals surface area contributed by atoms with E-state index < -0.39 is 5.60 Å². The number of pyridine rings is 1. The number of aromatic nitrogens is 1. The largest absolute Gasteiger partial charge is 0.390 e. The molecule has 1 aromatic rings. The van der Waals surface area contributed by atoms with Gasteiger partial charge in [-0.2, -0.15) is 0 Å². The molecule has 0 saturated heterocycles. The Morgan fingerprint density at radius 1 is 1.38 bits per heavy atom. The minimum Gasteiger partial charge on any atom is -0.390 e. The summed E-state index contributed by atoms with van der Waals surface area (Å²) in [7, 11) is 0. The highest BCUT2D eigenvalue weighted by molar-refractivity contribution is 5.25. The van der Waals surface area contributed by atoms with Crippen molar-refractivity contribution in [2.45, 2.75) is 51.7 Å². The van der Waals surface area contributed by atoms with Crippen molar-refractivity contribution in [2.75, 3.05) is 0 Å². The summed E-state index contributed by atoms with van der Waals surface area (Å²) in [5.41, 5.74) is 1.83. The predicted molar refractivity (Wildman–Crippen MR) is 63.6 cm³/mol. The second-order valence-corrected chi connectivity index (χ2v) is 5.21. The fraction of sp³-hybridized carbons (Fsp3) is 0.615.